The first-order chi connectivity index (χ1) is 27.9. The molecule has 1 heterocycles. The highest BCUT2D eigenvalue weighted by Gasteiger charge is 2.50. The Kier molecular flexibility index (Phi) is 12.9. The van der Waals surface area contributed by atoms with Crippen LogP contribution in [0.4, 0.5) is 28.9 Å². The largest absolute Gasteiger partial charge is 0.497 e. The fourth-order valence-corrected chi connectivity index (χ4v) is 6.95. The van der Waals surface area contributed by atoms with Crippen molar-refractivity contribution in [1.82, 2.24) is 0 Å². The fourth-order valence-electron chi connectivity index (χ4n) is 6.95. The van der Waals surface area contributed by atoms with E-state index in [9.17, 15) is 9.18 Å². The third-order valence-electron chi connectivity index (χ3n) is 9.82. The second-order valence-electron chi connectivity index (χ2n) is 13.7. The lowest BCUT2D eigenvalue weighted by molar-refractivity contribution is 0.0291. The number of carbonyl (C=O) groups is 1. The summed E-state index contributed by atoms with van der Waals surface area (Å²) in [6, 6.07) is 25.1. The van der Waals surface area contributed by atoms with E-state index in [2.05, 4.69) is 10.6 Å². The molecule has 5 aromatic carbocycles. The van der Waals surface area contributed by atoms with Crippen molar-refractivity contribution in [3.8, 4) is 11.5 Å². The van der Waals surface area contributed by atoms with Crippen molar-refractivity contribution in [3.05, 3.63) is 165 Å². The number of esters is 1. The first-order valence-corrected chi connectivity index (χ1v) is 18.5. The van der Waals surface area contributed by atoms with Crippen LogP contribution in [0.3, 0.4) is 0 Å². The topological polar surface area (TPSA) is 87.3 Å². The van der Waals surface area contributed by atoms with E-state index in [1.807, 2.05) is 50.2 Å². The predicted molar refractivity (Wildman–Crippen MR) is 217 cm³/mol. The quantitative estimate of drug-likeness (QED) is 0.0336. The van der Waals surface area contributed by atoms with Crippen LogP contribution >= 0.6 is 0 Å². The third kappa shape index (κ3) is 8.44. The Morgan fingerprint density at radius 1 is 0.621 bits per heavy atom. The van der Waals surface area contributed by atoms with Crippen LogP contribution in [0, 0.1) is 37.1 Å². The van der Waals surface area contributed by atoms with Crippen LogP contribution in [0.2, 0.25) is 0 Å². The molecule has 0 bridgehead atoms. The summed E-state index contributed by atoms with van der Waals surface area (Å²) in [6.45, 7) is 5.37. The average Bonchev–Trinajstić information content (AvgIpc) is 3.52. The van der Waals surface area contributed by atoms with Gasteiger partial charge in [-0.2, -0.15) is 0 Å². The van der Waals surface area contributed by atoms with E-state index in [1.54, 1.807) is 62.8 Å². The van der Waals surface area contributed by atoms with Gasteiger partial charge in [0.2, 0.25) is 0 Å². The predicted octanol–water partition coefficient (Wildman–Crippen LogP) is 9.62. The number of nitrogens with one attached hydrogen (secondary N) is 2. The Balaban J connectivity index is 1.78. The Labute approximate surface area is 335 Å². The fraction of sp³-hybridized carbons (Fsp3) is 0.239. The molecular formula is C46H44F4N2O6. The number of rotatable bonds is 16. The molecule has 302 valence electrons. The zero-order chi connectivity index (χ0) is 41.6. The minimum atomic E-state index is -2.39. The van der Waals surface area contributed by atoms with E-state index in [0.717, 1.165) is 11.1 Å². The van der Waals surface area contributed by atoms with Gasteiger partial charge in [0.15, 0.2) is 28.9 Å². The number of halogens is 4. The molecule has 0 atom stereocenters. The number of benzene rings is 5. The van der Waals surface area contributed by atoms with Crippen LogP contribution in [-0.2, 0) is 19.8 Å². The highest BCUT2D eigenvalue weighted by molar-refractivity contribution is 5.99. The summed E-state index contributed by atoms with van der Waals surface area (Å²) in [7, 11) is 6.19. The van der Waals surface area contributed by atoms with E-state index in [0.29, 0.717) is 82.6 Å². The molecule has 1 aliphatic rings. The maximum absolute atomic E-state index is 16.6. The lowest BCUT2D eigenvalue weighted by atomic mass is 9.82. The average molecular weight is 797 g/mol. The molecule has 0 radical (unpaired) electrons. The van der Waals surface area contributed by atoms with Crippen molar-refractivity contribution in [2.45, 2.75) is 19.4 Å². The Bertz CT molecular complexity index is 2240. The molecule has 1 aliphatic heterocycles. The van der Waals surface area contributed by atoms with Gasteiger partial charge < -0.3 is 34.3 Å². The van der Waals surface area contributed by atoms with Crippen LogP contribution in [0.5, 0.6) is 11.5 Å². The van der Waals surface area contributed by atoms with Gasteiger partial charge in [-0.15, -0.1) is 0 Å². The van der Waals surface area contributed by atoms with Crippen LogP contribution < -0.4 is 20.1 Å². The number of hydrogen-bond donors (Lipinski definition) is 2. The monoisotopic (exact) mass is 796 g/mol. The van der Waals surface area contributed by atoms with Gasteiger partial charge in [-0.1, -0.05) is 48.5 Å². The summed E-state index contributed by atoms with van der Waals surface area (Å²) >= 11 is 0. The van der Waals surface area contributed by atoms with Gasteiger partial charge in [0.25, 0.3) is 0 Å². The zero-order valence-corrected chi connectivity index (χ0v) is 33.0. The molecule has 0 fully saturated rings. The lowest BCUT2D eigenvalue weighted by Crippen LogP contribution is -2.25. The summed E-state index contributed by atoms with van der Waals surface area (Å²) in [6.07, 6.45) is 2.89. The first kappa shape index (κ1) is 41.5. The molecule has 6 rings (SSSR count). The van der Waals surface area contributed by atoms with Gasteiger partial charge in [0.1, 0.15) is 17.1 Å². The Hall–Kier alpha value is -6.11. The van der Waals surface area contributed by atoms with Crippen molar-refractivity contribution in [2.75, 3.05) is 65.4 Å². The molecule has 5 aromatic rings. The molecule has 0 amide bonds. The number of methoxy groups -OCH3 is 4. The summed E-state index contributed by atoms with van der Waals surface area (Å²) in [5, 5.41) is 6.77. The molecule has 0 saturated heterocycles. The SMILES string of the molecule is COCCNc1cc(C)ccc1C(=CC1(C=C(c2ccc(OC)cc2)c2ccc(C)cc2NCCOC)OC(=O)c2c(F)c(F)c(F)c(F)c21)c1ccc(OC)cc1. The van der Waals surface area contributed by atoms with Crippen molar-refractivity contribution in [3.63, 3.8) is 0 Å². The smallest absolute Gasteiger partial charge is 0.343 e. The van der Waals surface area contributed by atoms with Gasteiger partial charge in [0, 0.05) is 49.8 Å². The van der Waals surface area contributed by atoms with Crippen LogP contribution in [0.25, 0.3) is 11.1 Å². The van der Waals surface area contributed by atoms with Gasteiger partial charge in [-0.25, -0.2) is 22.4 Å². The zero-order valence-electron chi connectivity index (χ0n) is 33.0. The maximum Gasteiger partial charge on any atom is 0.343 e. The first-order valence-electron chi connectivity index (χ1n) is 18.5. The molecule has 0 aliphatic carbocycles. The van der Waals surface area contributed by atoms with Crippen molar-refractivity contribution >= 4 is 28.5 Å². The molecule has 8 nitrogen and oxygen atoms in total. The Morgan fingerprint density at radius 2 is 1.05 bits per heavy atom. The van der Waals surface area contributed by atoms with Gasteiger partial charge in [0.05, 0.1) is 33.0 Å². The number of carbonyl (C=O) groups excluding carboxylic acids is 1. The van der Waals surface area contributed by atoms with Crippen LogP contribution in [0.15, 0.2) is 97.1 Å². The number of anilines is 2. The standard InChI is InChI=1S/C46H44F4N2O6/c1-27-7-17-33(37(23-27)51-19-21-54-3)35(29-9-13-31(56-5)14-10-29)25-46(40-39(45(53)58-46)41(47)43(49)44(50)42(40)48)26-36(30-11-15-32(57-6)16-12-30)34-18-8-28(2)24-38(34)52-20-22-55-4/h7-18,23-26,51-52H,19-22H2,1-6H3. The van der Waals surface area contributed by atoms with Crippen LogP contribution in [-0.4, -0.2) is 60.7 Å². The summed E-state index contributed by atoms with van der Waals surface area (Å²) in [5.41, 5.74) is 1.79. The Morgan fingerprint density at radius 3 is 1.47 bits per heavy atom. The van der Waals surface area contributed by atoms with Crippen molar-refractivity contribution in [1.29, 1.82) is 0 Å². The van der Waals surface area contributed by atoms with Crippen LogP contribution in [0.1, 0.15) is 49.3 Å². The number of hydrogen-bond acceptors (Lipinski definition) is 8. The molecule has 0 spiro atoms. The highest BCUT2D eigenvalue weighted by atomic mass is 19.2. The summed E-state index contributed by atoms with van der Waals surface area (Å²) in [4.78, 5) is 13.9. The maximum atomic E-state index is 16.6. The summed E-state index contributed by atoms with van der Waals surface area (Å²) in [5.74, 6) is -8.17. The minimum Gasteiger partial charge on any atom is -0.497 e. The number of aryl methyl sites for hydroxylation is 2. The minimum absolute atomic E-state index is 0.366. The lowest BCUT2D eigenvalue weighted by Gasteiger charge is -2.28. The van der Waals surface area contributed by atoms with E-state index < -0.39 is 46.0 Å². The van der Waals surface area contributed by atoms with Gasteiger partial charge >= 0.3 is 5.97 Å². The molecule has 0 unspecified atom stereocenters. The van der Waals surface area contributed by atoms with E-state index in [1.165, 1.54) is 26.4 Å². The van der Waals surface area contributed by atoms with Crippen molar-refractivity contribution < 1.29 is 46.0 Å². The molecule has 0 saturated carbocycles. The third-order valence-corrected chi connectivity index (χ3v) is 9.82. The van der Waals surface area contributed by atoms with E-state index in [-0.39, 0.29) is 0 Å². The number of cyclic esters (lactones) is 1. The number of ether oxygens (including phenoxy) is 5. The van der Waals surface area contributed by atoms with E-state index in [4.69, 9.17) is 23.7 Å². The molecule has 12 heteroatoms. The molecular weight excluding hydrogens is 753 g/mol. The summed E-state index contributed by atoms with van der Waals surface area (Å²) < 4.78 is 90.6. The second-order valence-corrected chi connectivity index (χ2v) is 13.7. The van der Waals surface area contributed by atoms with Crippen molar-refractivity contribution in [2.24, 2.45) is 0 Å². The molecule has 0 aromatic heterocycles. The molecule has 58 heavy (non-hydrogen) atoms. The van der Waals surface area contributed by atoms with Gasteiger partial charge in [-0.05, 0) is 95.8 Å². The molecule has 2 N–H and O–H groups in total. The number of fused-ring (bicyclic) bond motifs is 1. The van der Waals surface area contributed by atoms with Gasteiger partial charge in [-0.3, -0.25) is 0 Å². The van der Waals surface area contributed by atoms with E-state index >= 15 is 13.2 Å². The second kappa shape index (κ2) is 18.0. The highest BCUT2D eigenvalue weighted by Crippen LogP contribution is 2.49. The normalized spacial score (nSPS) is 15.2.